The Morgan fingerprint density at radius 1 is 1.30 bits per heavy atom. The Kier molecular flexibility index (Phi) is 3.12. The van der Waals surface area contributed by atoms with E-state index in [9.17, 15) is 0 Å². The summed E-state index contributed by atoms with van der Waals surface area (Å²) in [4.78, 5) is 6.53. The van der Waals surface area contributed by atoms with Crippen molar-refractivity contribution in [3.8, 4) is 11.3 Å². The first-order valence-electron chi connectivity index (χ1n) is 7.62. The highest BCUT2D eigenvalue weighted by molar-refractivity contribution is 7.12. The van der Waals surface area contributed by atoms with Gasteiger partial charge in [-0.3, -0.25) is 0 Å². The first-order chi connectivity index (χ1) is 9.83. The van der Waals surface area contributed by atoms with Crippen molar-refractivity contribution in [2.45, 2.75) is 38.0 Å². The number of benzene rings is 1. The van der Waals surface area contributed by atoms with Gasteiger partial charge in [0.2, 0.25) is 0 Å². The van der Waals surface area contributed by atoms with E-state index in [2.05, 4.69) is 36.5 Å². The zero-order valence-electron chi connectivity index (χ0n) is 11.9. The lowest BCUT2D eigenvalue weighted by Gasteiger charge is -2.21. The maximum atomic E-state index is 5.03. The summed E-state index contributed by atoms with van der Waals surface area (Å²) in [5, 5.41) is 4.86. The van der Waals surface area contributed by atoms with E-state index in [1.165, 1.54) is 46.1 Å². The molecular weight excluding hydrogens is 264 g/mol. The number of nitrogens with zero attached hydrogens (tertiary/aromatic N) is 1. The van der Waals surface area contributed by atoms with Crippen molar-refractivity contribution >= 4 is 11.3 Å². The Labute approximate surface area is 124 Å². The van der Waals surface area contributed by atoms with Gasteiger partial charge in [-0.05, 0) is 37.3 Å². The molecule has 0 radical (unpaired) electrons. The average molecular weight is 284 g/mol. The Balaban J connectivity index is 1.76. The quantitative estimate of drug-likeness (QED) is 0.858. The summed E-state index contributed by atoms with van der Waals surface area (Å²) in [6.45, 7) is 4.61. The third-order valence-electron chi connectivity index (χ3n) is 4.60. The van der Waals surface area contributed by atoms with Crippen LogP contribution in [0.25, 0.3) is 11.3 Å². The van der Waals surface area contributed by atoms with Crippen molar-refractivity contribution in [2.24, 2.45) is 0 Å². The van der Waals surface area contributed by atoms with Crippen LogP contribution in [-0.4, -0.2) is 18.1 Å². The largest absolute Gasteiger partial charge is 0.316 e. The molecule has 104 valence electrons. The summed E-state index contributed by atoms with van der Waals surface area (Å²) >= 11 is 1.96. The summed E-state index contributed by atoms with van der Waals surface area (Å²) in [6, 6.07) is 8.80. The van der Waals surface area contributed by atoms with Crippen LogP contribution in [0.3, 0.4) is 0 Å². The Morgan fingerprint density at radius 2 is 2.20 bits per heavy atom. The molecule has 0 spiro atoms. The van der Waals surface area contributed by atoms with Gasteiger partial charge in [-0.15, -0.1) is 11.3 Å². The van der Waals surface area contributed by atoms with Crippen LogP contribution >= 0.6 is 11.3 Å². The topological polar surface area (TPSA) is 24.9 Å². The van der Waals surface area contributed by atoms with E-state index in [0.717, 1.165) is 13.0 Å². The van der Waals surface area contributed by atoms with Gasteiger partial charge >= 0.3 is 0 Å². The van der Waals surface area contributed by atoms with E-state index in [4.69, 9.17) is 4.98 Å². The molecule has 20 heavy (non-hydrogen) atoms. The molecule has 1 aliphatic carbocycles. The molecule has 3 heteroatoms. The number of aromatic nitrogens is 1. The van der Waals surface area contributed by atoms with Crippen molar-refractivity contribution in [2.75, 3.05) is 13.1 Å². The third-order valence-corrected chi connectivity index (χ3v) is 5.84. The van der Waals surface area contributed by atoms with Crippen LogP contribution in [0.4, 0.5) is 0 Å². The van der Waals surface area contributed by atoms with Crippen LogP contribution < -0.4 is 5.32 Å². The zero-order chi connectivity index (χ0) is 13.5. The standard InChI is InChI=1S/C17H20N2S/c1-11-9-15-16(14-7-3-2-6-13(11)14)19-17(20-15)12-5-4-8-18-10-12/h2-3,6-7,11-12,18H,4-5,8-10H2,1H3. The van der Waals surface area contributed by atoms with Crippen LogP contribution in [0.5, 0.6) is 0 Å². The molecule has 2 aliphatic rings. The molecule has 1 N–H and O–H groups in total. The van der Waals surface area contributed by atoms with E-state index in [1.807, 2.05) is 11.3 Å². The van der Waals surface area contributed by atoms with Gasteiger partial charge in [0.25, 0.3) is 0 Å². The maximum Gasteiger partial charge on any atom is 0.0979 e. The Hall–Kier alpha value is -1.19. The number of hydrogen-bond acceptors (Lipinski definition) is 3. The minimum atomic E-state index is 0.622. The lowest BCUT2D eigenvalue weighted by atomic mass is 9.85. The third kappa shape index (κ3) is 2.00. The first-order valence-corrected chi connectivity index (χ1v) is 8.44. The van der Waals surface area contributed by atoms with Gasteiger partial charge in [-0.25, -0.2) is 4.98 Å². The molecule has 1 aromatic heterocycles. The molecule has 0 bridgehead atoms. The highest BCUT2D eigenvalue weighted by Crippen LogP contribution is 2.43. The van der Waals surface area contributed by atoms with Crippen LogP contribution in [0.1, 0.15) is 47.0 Å². The van der Waals surface area contributed by atoms with Gasteiger partial charge in [0.1, 0.15) is 0 Å². The molecular formula is C17H20N2S. The molecule has 2 nitrogen and oxygen atoms in total. The van der Waals surface area contributed by atoms with E-state index in [1.54, 1.807) is 0 Å². The fraction of sp³-hybridized carbons (Fsp3) is 0.471. The van der Waals surface area contributed by atoms with E-state index in [0.29, 0.717) is 11.8 Å². The van der Waals surface area contributed by atoms with E-state index < -0.39 is 0 Å². The number of piperidine rings is 1. The summed E-state index contributed by atoms with van der Waals surface area (Å²) in [5.41, 5.74) is 4.11. The summed E-state index contributed by atoms with van der Waals surface area (Å²) in [6.07, 6.45) is 3.72. The molecule has 1 aromatic carbocycles. The number of hydrogen-bond donors (Lipinski definition) is 1. The van der Waals surface area contributed by atoms with Gasteiger partial charge in [-0.1, -0.05) is 31.2 Å². The predicted octanol–water partition coefficient (Wildman–Crippen LogP) is 3.94. The van der Waals surface area contributed by atoms with Gasteiger partial charge < -0.3 is 5.32 Å². The molecule has 1 fully saturated rings. The number of rotatable bonds is 1. The molecule has 2 aromatic rings. The van der Waals surface area contributed by atoms with E-state index >= 15 is 0 Å². The number of thiazole rings is 1. The smallest absolute Gasteiger partial charge is 0.0979 e. The van der Waals surface area contributed by atoms with Crippen molar-refractivity contribution in [3.63, 3.8) is 0 Å². The molecule has 2 atom stereocenters. The average Bonchev–Trinajstić information content (AvgIpc) is 2.93. The maximum absolute atomic E-state index is 5.03. The lowest BCUT2D eigenvalue weighted by Crippen LogP contribution is -2.28. The molecule has 1 aliphatic heterocycles. The Bertz CT molecular complexity index is 626. The second-order valence-corrected chi connectivity index (χ2v) is 7.17. The van der Waals surface area contributed by atoms with Crippen molar-refractivity contribution in [3.05, 3.63) is 39.7 Å². The normalized spacial score (nSPS) is 25.1. The molecule has 1 saturated heterocycles. The monoisotopic (exact) mass is 284 g/mol. The summed E-state index contributed by atoms with van der Waals surface area (Å²) < 4.78 is 0. The van der Waals surface area contributed by atoms with Crippen LogP contribution in [-0.2, 0) is 6.42 Å². The molecule has 0 saturated carbocycles. The fourth-order valence-corrected chi connectivity index (χ4v) is 4.83. The van der Waals surface area contributed by atoms with Gasteiger partial charge in [0, 0.05) is 22.9 Å². The summed E-state index contributed by atoms with van der Waals surface area (Å²) in [5.74, 6) is 1.25. The lowest BCUT2D eigenvalue weighted by molar-refractivity contribution is 0.460. The predicted molar refractivity (Wildman–Crippen MR) is 84.5 cm³/mol. The fourth-order valence-electron chi connectivity index (χ4n) is 3.49. The van der Waals surface area contributed by atoms with Crippen LogP contribution in [0.2, 0.25) is 0 Å². The summed E-state index contributed by atoms with van der Waals surface area (Å²) in [7, 11) is 0. The SMILES string of the molecule is CC1Cc2sc(C3CCCNC3)nc2-c2ccccc21. The van der Waals surface area contributed by atoms with Gasteiger partial charge in [-0.2, -0.15) is 0 Å². The first kappa shape index (κ1) is 12.5. The molecule has 0 amide bonds. The second-order valence-electron chi connectivity index (χ2n) is 6.06. The van der Waals surface area contributed by atoms with Gasteiger partial charge in [0.15, 0.2) is 0 Å². The zero-order valence-corrected chi connectivity index (χ0v) is 12.7. The molecule has 2 heterocycles. The second kappa shape index (κ2) is 4.97. The number of fused-ring (bicyclic) bond motifs is 3. The minimum absolute atomic E-state index is 0.622. The Morgan fingerprint density at radius 3 is 3.05 bits per heavy atom. The van der Waals surface area contributed by atoms with Crippen LogP contribution in [0.15, 0.2) is 24.3 Å². The van der Waals surface area contributed by atoms with Crippen LogP contribution in [0, 0.1) is 0 Å². The highest BCUT2D eigenvalue weighted by atomic mass is 32.1. The van der Waals surface area contributed by atoms with Gasteiger partial charge in [0.05, 0.1) is 10.7 Å². The van der Waals surface area contributed by atoms with Crippen molar-refractivity contribution in [1.29, 1.82) is 0 Å². The van der Waals surface area contributed by atoms with Crippen molar-refractivity contribution in [1.82, 2.24) is 10.3 Å². The van der Waals surface area contributed by atoms with E-state index in [-0.39, 0.29) is 0 Å². The minimum Gasteiger partial charge on any atom is -0.316 e. The number of nitrogens with one attached hydrogen (secondary N) is 1. The highest BCUT2D eigenvalue weighted by Gasteiger charge is 2.27. The molecule has 4 rings (SSSR count). The molecule has 2 unspecified atom stereocenters. The van der Waals surface area contributed by atoms with Crippen molar-refractivity contribution < 1.29 is 0 Å².